The van der Waals surface area contributed by atoms with Gasteiger partial charge in [-0.2, -0.15) is 0 Å². The largest absolute Gasteiger partial charge is 0.466 e. The molecular formula is C21H29N3O3. The van der Waals surface area contributed by atoms with E-state index in [1.165, 1.54) is 7.11 Å². The summed E-state index contributed by atoms with van der Waals surface area (Å²) >= 11 is 0. The molecule has 1 fully saturated rings. The molecule has 0 saturated carbocycles. The van der Waals surface area contributed by atoms with E-state index in [1.54, 1.807) is 0 Å². The highest BCUT2D eigenvalue weighted by Gasteiger charge is 2.35. The van der Waals surface area contributed by atoms with E-state index in [4.69, 9.17) is 4.74 Å². The molecule has 2 aliphatic rings. The van der Waals surface area contributed by atoms with Crippen LogP contribution in [-0.4, -0.2) is 43.6 Å². The smallest absolute Gasteiger partial charge is 0.338 e. The molecule has 1 atom stereocenters. The van der Waals surface area contributed by atoms with Crippen LogP contribution in [0.3, 0.4) is 0 Å². The molecule has 2 amide bonds. The highest BCUT2D eigenvalue weighted by molar-refractivity contribution is 5.95. The van der Waals surface area contributed by atoms with E-state index in [-0.39, 0.29) is 6.03 Å². The summed E-state index contributed by atoms with van der Waals surface area (Å²) in [4.78, 5) is 27.3. The van der Waals surface area contributed by atoms with Crippen molar-refractivity contribution in [2.75, 3.05) is 26.7 Å². The van der Waals surface area contributed by atoms with Crippen molar-refractivity contribution in [3.8, 4) is 0 Å². The summed E-state index contributed by atoms with van der Waals surface area (Å²) < 4.78 is 5.07. The number of benzene rings is 1. The molecule has 1 saturated heterocycles. The lowest BCUT2D eigenvalue weighted by Crippen LogP contribution is -2.49. The third-order valence-electron chi connectivity index (χ3n) is 5.55. The highest BCUT2D eigenvalue weighted by atomic mass is 16.5. The number of methoxy groups -OCH3 is 1. The molecule has 0 radical (unpaired) electrons. The second kappa shape index (κ2) is 8.13. The summed E-state index contributed by atoms with van der Waals surface area (Å²) in [5, 5.41) is 5.76. The Morgan fingerprint density at radius 3 is 2.59 bits per heavy atom. The van der Waals surface area contributed by atoms with Crippen molar-refractivity contribution in [1.82, 2.24) is 15.5 Å². The normalized spacial score (nSPS) is 21.6. The molecule has 146 valence electrons. The lowest BCUT2D eigenvalue weighted by molar-refractivity contribution is -0.136. The monoisotopic (exact) mass is 371 g/mol. The van der Waals surface area contributed by atoms with Gasteiger partial charge in [-0.15, -0.1) is 0 Å². The number of amides is 2. The molecule has 6 nitrogen and oxygen atoms in total. The minimum Gasteiger partial charge on any atom is -0.466 e. The van der Waals surface area contributed by atoms with Crippen LogP contribution >= 0.6 is 0 Å². The maximum Gasteiger partial charge on any atom is 0.338 e. The SMILES string of the molecule is COC(=O)C1=C(CN2CCC(C)CC2)NC(=O)NC1c1ccc(C)cc1C. The highest BCUT2D eigenvalue weighted by Crippen LogP contribution is 2.31. The number of hydrogen-bond donors (Lipinski definition) is 2. The van der Waals surface area contributed by atoms with Crippen LogP contribution in [0.4, 0.5) is 4.79 Å². The third-order valence-corrected chi connectivity index (χ3v) is 5.55. The zero-order valence-electron chi connectivity index (χ0n) is 16.6. The van der Waals surface area contributed by atoms with Crippen molar-refractivity contribution in [1.29, 1.82) is 0 Å². The number of ether oxygens (including phenoxy) is 1. The minimum atomic E-state index is -0.509. The van der Waals surface area contributed by atoms with E-state index in [9.17, 15) is 9.59 Å². The van der Waals surface area contributed by atoms with Gasteiger partial charge in [-0.3, -0.25) is 4.90 Å². The van der Waals surface area contributed by atoms with Crippen LogP contribution in [0.5, 0.6) is 0 Å². The fraction of sp³-hybridized carbons (Fsp3) is 0.524. The van der Waals surface area contributed by atoms with Crippen LogP contribution in [0.15, 0.2) is 29.5 Å². The molecule has 0 aromatic heterocycles. The van der Waals surface area contributed by atoms with E-state index in [0.717, 1.165) is 48.5 Å². The lowest BCUT2D eigenvalue weighted by atomic mass is 9.91. The van der Waals surface area contributed by atoms with Gasteiger partial charge < -0.3 is 15.4 Å². The molecule has 1 aromatic rings. The van der Waals surface area contributed by atoms with Crippen LogP contribution in [0.1, 0.15) is 42.5 Å². The number of urea groups is 1. The quantitative estimate of drug-likeness (QED) is 0.799. The van der Waals surface area contributed by atoms with Gasteiger partial charge in [0.15, 0.2) is 0 Å². The Morgan fingerprint density at radius 2 is 1.96 bits per heavy atom. The second-order valence-corrected chi connectivity index (χ2v) is 7.73. The summed E-state index contributed by atoms with van der Waals surface area (Å²) in [6.07, 6.45) is 2.26. The van der Waals surface area contributed by atoms with Crippen LogP contribution in [0.25, 0.3) is 0 Å². The van der Waals surface area contributed by atoms with Crippen LogP contribution < -0.4 is 10.6 Å². The van der Waals surface area contributed by atoms with Crippen molar-refractivity contribution < 1.29 is 14.3 Å². The molecule has 6 heteroatoms. The van der Waals surface area contributed by atoms with Gasteiger partial charge >= 0.3 is 12.0 Å². The number of rotatable bonds is 4. The van der Waals surface area contributed by atoms with E-state index >= 15 is 0 Å². The predicted molar refractivity (Wildman–Crippen MR) is 104 cm³/mol. The zero-order chi connectivity index (χ0) is 19.6. The van der Waals surface area contributed by atoms with Crippen LogP contribution in [-0.2, 0) is 9.53 Å². The maximum atomic E-state index is 12.6. The Morgan fingerprint density at radius 1 is 1.26 bits per heavy atom. The molecular weight excluding hydrogens is 342 g/mol. The molecule has 0 aliphatic carbocycles. The van der Waals surface area contributed by atoms with Crippen LogP contribution in [0.2, 0.25) is 0 Å². The standard InChI is InChI=1S/C21H29N3O3/c1-13-7-9-24(10-8-13)12-17-18(20(25)27-4)19(23-21(26)22-17)16-6-5-14(2)11-15(16)3/h5-6,11,13,19H,7-10,12H2,1-4H3,(H2,22,23,26). The fourth-order valence-corrected chi connectivity index (χ4v) is 3.92. The first-order valence-corrected chi connectivity index (χ1v) is 9.57. The van der Waals surface area contributed by atoms with Crippen molar-refractivity contribution in [3.05, 3.63) is 46.2 Å². The Labute approximate surface area is 161 Å². The summed E-state index contributed by atoms with van der Waals surface area (Å²) in [5.41, 5.74) is 4.23. The molecule has 2 heterocycles. The zero-order valence-corrected chi connectivity index (χ0v) is 16.6. The van der Waals surface area contributed by atoms with Gasteiger partial charge in [0.2, 0.25) is 0 Å². The average molecular weight is 371 g/mol. The number of nitrogens with one attached hydrogen (secondary N) is 2. The predicted octanol–water partition coefficient (Wildman–Crippen LogP) is 2.82. The summed E-state index contributed by atoms with van der Waals surface area (Å²) in [5.74, 6) is 0.314. The van der Waals surface area contributed by atoms with Gasteiger partial charge in [-0.05, 0) is 56.8 Å². The van der Waals surface area contributed by atoms with Crippen molar-refractivity contribution in [2.24, 2.45) is 5.92 Å². The summed E-state index contributed by atoms with van der Waals surface area (Å²) in [6, 6.07) is 5.24. The number of likely N-dealkylation sites (tertiary alicyclic amines) is 1. The molecule has 1 aromatic carbocycles. The van der Waals surface area contributed by atoms with E-state index in [0.29, 0.717) is 17.8 Å². The van der Waals surface area contributed by atoms with Gasteiger partial charge in [0.05, 0.1) is 18.7 Å². The number of piperidine rings is 1. The number of esters is 1. The second-order valence-electron chi connectivity index (χ2n) is 7.73. The van der Waals surface area contributed by atoms with Crippen molar-refractivity contribution in [3.63, 3.8) is 0 Å². The molecule has 3 rings (SSSR count). The lowest BCUT2D eigenvalue weighted by Gasteiger charge is -2.35. The molecule has 2 N–H and O–H groups in total. The number of hydrogen-bond acceptors (Lipinski definition) is 4. The van der Waals surface area contributed by atoms with Gasteiger partial charge in [0, 0.05) is 12.2 Å². The number of aryl methyl sites for hydroxylation is 2. The molecule has 1 unspecified atom stereocenters. The minimum absolute atomic E-state index is 0.284. The first kappa shape index (κ1) is 19.4. The summed E-state index contributed by atoms with van der Waals surface area (Å²) in [6.45, 7) is 8.77. The Kier molecular flexibility index (Phi) is 5.85. The number of carbonyl (C=O) groups excluding carboxylic acids is 2. The van der Waals surface area contributed by atoms with Crippen LogP contribution in [0, 0.1) is 19.8 Å². The topological polar surface area (TPSA) is 70.7 Å². The van der Waals surface area contributed by atoms with Gasteiger partial charge in [-0.1, -0.05) is 30.7 Å². The Bertz CT molecular complexity index is 764. The number of nitrogens with zero attached hydrogens (tertiary/aromatic N) is 1. The molecule has 0 bridgehead atoms. The first-order valence-electron chi connectivity index (χ1n) is 9.57. The molecule has 2 aliphatic heterocycles. The summed E-state index contributed by atoms with van der Waals surface area (Å²) in [7, 11) is 1.38. The molecule has 27 heavy (non-hydrogen) atoms. The third kappa shape index (κ3) is 4.33. The van der Waals surface area contributed by atoms with Gasteiger partial charge in [0.25, 0.3) is 0 Å². The van der Waals surface area contributed by atoms with Gasteiger partial charge in [-0.25, -0.2) is 9.59 Å². The van der Waals surface area contributed by atoms with E-state index in [2.05, 4.69) is 28.5 Å². The van der Waals surface area contributed by atoms with Crippen molar-refractivity contribution in [2.45, 2.75) is 39.7 Å². The van der Waals surface area contributed by atoms with Gasteiger partial charge in [0.1, 0.15) is 0 Å². The molecule has 0 spiro atoms. The number of carbonyl (C=O) groups is 2. The van der Waals surface area contributed by atoms with E-state index in [1.807, 2.05) is 26.0 Å². The Balaban J connectivity index is 1.98. The first-order chi connectivity index (χ1) is 12.9. The van der Waals surface area contributed by atoms with Crippen molar-refractivity contribution >= 4 is 12.0 Å². The Hall–Kier alpha value is -2.34. The maximum absolute atomic E-state index is 12.6. The van der Waals surface area contributed by atoms with E-state index < -0.39 is 12.0 Å². The average Bonchev–Trinajstić information content (AvgIpc) is 2.62. The fourth-order valence-electron chi connectivity index (χ4n) is 3.92.